The summed E-state index contributed by atoms with van der Waals surface area (Å²) in [6.45, 7) is 3.45. The predicted molar refractivity (Wildman–Crippen MR) is 65.4 cm³/mol. The van der Waals surface area contributed by atoms with Gasteiger partial charge >= 0.3 is 0 Å². The van der Waals surface area contributed by atoms with Crippen molar-refractivity contribution < 1.29 is 9.47 Å². The summed E-state index contributed by atoms with van der Waals surface area (Å²) in [5.74, 6) is 2.33. The molecule has 86 valence electrons. The van der Waals surface area contributed by atoms with E-state index in [0.717, 1.165) is 29.1 Å². The maximum Gasteiger partial charge on any atom is 0.175 e. The van der Waals surface area contributed by atoms with Crippen molar-refractivity contribution in [1.82, 2.24) is 5.32 Å². The van der Waals surface area contributed by atoms with Gasteiger partial charge in [0.1, 0.15) is 13.2 Å². The number of rotatable bonds is 1. The van der Waals surface area contributed by atoms with E-state index in [-0.39, 0.29) is 0 Å². The van der Waals surface area contributed by atoms with E-state index in [9.17, 15) is 0 Å². The molecule has 1 fully saturated rings. The van der Waals surface area contributed by atoms with E-state index in [1.807, 2.05) is 0 Å². The summed E-state index contributed by atoms with van der Waals surface area (Å²) in [6.07, 6.45) is 1.20. The quantitative estimate of drug-likeness (QED) is 0.858. The molecule has 1 aromatic rings. The van der Waals surface area contributed by atoms with Crippen LogP contribution in [0.3, 0.4) is 0 Å². The third-order valence-corrected chi connectivity index (χ3v) is 3.74. The molecule has 3 rings (SSSR count). The minimum atomic E-state index is 0.604. The molecule has 2 heterocycles. The Labute approximate surface area is 103 Å². The summed E-state index contributed by atoms with van der Waals surface area (Å²) < 4.78 is 12.2. The standard InChI is InChI=1S/C12H14BrNO2/c13-10-5-9(8-1-2-14-7-8)6-11-12(10)16-4-3-15-11/h5-6,8,14H,1-4,7H2. The number of nitrogens with one attached hydrogen (secondary N) is 1. The van der Waals surface area contributed by atoms with Crippen molar-refractivity contribution in [2.45, 2.75) is 12.3 Å². The zero-order valence-corrected chi connectivity index (χ0v) is 10.5. The first-order valence-corrected chi connectivity index (χ1v) is 6.43. The highest BCUT2D eigenvalue weighted by molar-refractivity contribution is 9.10. The molecule has 1 aromatic carbocycles. The molecule has 1 unspecified atom stereocenters. The van der Waals surface area contributed by atoms with Gasteiger partial charge in [0.05, 0.1) is 4.47 Å². The van der Waals surface area contributed by atoms with Crippen LogP contribution in [-0.4, -0.2) is 26.3 Å². The van der Waals surface area contributed by atoms with Crippen LogP contribution in [0.15, 0.2) is 16.6 Å². The van der Waals surface area contributed by atoms with Crippen molar-refractivity contribution in [1.29, 1.82) is 0 Å². The molecule has 0 bridgehead atoms. The highest BCUT2D eigenvalue weighted by Gasteiger charge is 2.22. The summed E-state index contributed by atoms with van der Waals surface area (Å²) in [7, 11) is 0. The zero-order valence-electron chi connectivity index (χ0n) is 8.96. The van der Waals surface area contributed by atoms with Gasteiger partial charge in [-0.25, -0.2) is 0 Å². The number of fused-ring (bicyclic) bond motifs is 1. The summed E-state index contributed by atoms with van der Waals surface area (Å²) in [5, 5.41) is 3.38. The molecule has 3 nitrogen and oxygen atoms in total. The molecule has 0 aliphatic carbocycles. The molecular weight excluding hydrogens is 270 g/mol. The topological polar surface area (TPSA) is 30.5 Å². The lowest BCUT2D eigenvalue weighted by Crippen LogP contribution is -2.16. The molecule has 1 N–H and O–H groups in total. The predicted octanol–water partition coefficient (Wildman–Crippen LogP) is 2.30. The number of hydrogen-bond donors (Lipinski definition) is 1. The van der Waals surface area contributed by atoms with Crippen LogP contribution >= 0.6 is 15.9 Å². The normalized spacial score (nSPS) is 23.4. The Balaban J connectivity index is 1.97. The minimum absolute atomic E-state index is 0.604. The van der Waals surface area contributed by atoms with Crippen LogP contribution in [0.1, 0.15) is 17.9 Å². The van der Waals surface area contributed by atoms with Gasteiger partial charge in [0.25, 0.3) is 0 Å². The molecule has 1 atom stereocenters. The average molecular weight is 284 g/mol. The second kappa shape index (κ2) is 4.26. The molecule has 2 aliphatic rings. The molecular formula is C12H14BrNO2. The molecule has 0 spiro atoms. The number of halogens is 1. The SMILES string of the molecule is Brc1cc(C2CCNC2)cc2c1OCCO2. The Morgan fingerprint density at radius 1 is 1.25 bits per heavy atom. The first-order chi connectivity index (χ1) is 7.84. The third-order valence-electron chi connectivity index (χ3n) is 3.15. The summed E-state index contributed by atoms with van der Waals surface area (Å²) in [5.41, 5.74) is 1.33. The van der Waals surface area contributed by atoms with Gasteiger partial charge in [0, 0.05) is 6.54 Å². The van der Waals surface area contributed by atoms with Crippen LogP contribution in [0, 0.1) is 0 Å². The monoisotopic (exact) mass is 283 g/mol. The largest absolute Gasteiger partial charge is 0.486 e. The number of ether oxygens (including phenoxy) is 2. The maximum absolute atomic E-state index is 5.63. The van der Waals surface area contributed by atoms with Crippen LogP contribution in [-0.2, 0) is 0 Å². The fraction of sp³-hybridized carbons (Fsp3) is 0.500. The fourth-order valence-corrected chi connectivity index (χ4v) is 2.88. The zero-order chi connectivity index (χ0) is 11.0. The Kier molecular flexibility index (Phi) is 2.77. The molecule has 0 radical (unpaired) electrons. The van der Waals surface area contributed by atoms with Crippen molar-refractivity contribution >= 4 is 15.9 Å². The lowest BCUT2D eigenvalue weighted by Gasteiger charge is -2.21. The highest BCUT2D eigenvalue weighted by atomic mass is 79.9. The molecule has 0 amide bonds. The van der Waals surface area contributed by atoms with Gasteiger partial charge in [-0.1, -0.05) is 0 Å². The molecule has 0 aromatic heterocycles. The number of hydrogen-bond acceptors (Lipinski definition) is 3. The van der Waals surface area contributed by atoms with E-state index in [4.69, 9.17) is 9.47 Å². The first-order valence-electron chi connectivity index (χ1n) is 5.64. The van der Waals surface area contributed by atoms with Gasteiger partial charge in [0.2, 0.25) is 0 Å². The Hall–Kier alpha value is -0.740. The van der Waals surface area contributed by atoms with Crippen molar-refractivity contribution in [2.24, 2.45) is 0 Å². The maximum atomic E-state index is 5.63. The van der Waals surface area contributed by atoms with Gasteiger partial charge in [-0.2, -0.15) is 0 Å². The van der Waals surface area contributed by atoms with Crippen molar-refractivity contribution in [3.8, 4) is 11.5 Å². The van der Waals surface area contributed by atoms with Gasteiger partial charge in [-0.05, 0) is 52.5 Å². The van der Waals surface area contributed by atoms with Crippen LogP contribution in [0.5, 0.6) is 11.5 Å². The van der Waals surface area contributed by atoms with Gasteiger partial charge in [0.15, 0.2) is 11.5 Å². The van der Waals surface area contributed by atoms with Crippen molar-refractivity contribution in [3.05, 3.63) is 22.2 Å². The van der Waals surface area contributed by atoms with Crippen LogP contribution < -0.4 is 14.8 Å². The second-order valence-electron chi connectivity index (χ2n) is 4.22. The first kappa shape index (κ1) is 10.4. The van der Waals surface area contributed by atoms with Crippen molar-refractivity contribution in [3.63, 3.8) is 0 Å². The van der Waals surface area contributed by atoms with E-state index >= 15 is 0 Å². The van der Waals surface area contributed by atoms with Crippen LogP contribution in [0.2, 0.25) is 0 Å². The minimum Gasteiger partial charge on any atom is -0.486 e. The molecule has 16 heavy (non-hydrogen) atoms. The van der Waals surface area contributed by atoms with E-state index < -0.39 is 0 Å². The molecule has 0 saturated carbocycles. The Bertz CT molecular complexity index is 402. The lowest BCUT2D eigenvalue weighted by atomic mass is 9.98. The van der Waals surface area contributed by atoms with E-state index in [2.05, 4.69) is 33.4 Å². The highest BCUT2D eigenvalue weighted by Crippen LogP contribution is 2.40. The Morgan fingerprint density at radius 3 is 2.94 bits per heavy atom. The second-order valence-corrected chi connectivity index (χ2v) is 5.07. The fourth-order valence-electron chi connectivity index (χ4n) is 2.31. The molecule has 2 aliphatic heterocycles. The van der Waals surface area contributed by atoms with Gasteiger partial charge < -0.3 is 14.8 Å². The van der Waals surface area contributed by atoms with Gasteiger partial charge in [-0.3, -0.25) is 0 Å². The smallest absolute Gasteiger partial charge is 0.175 e. The molecule has 4 heteroatoms. The third kappa shape index (κ3) is 1.80. The van der Waals surface area contributed by atoms with Gasteiger partial charge in [-0.15, -0.1) is 0 Å². The van der Waals surface area contributed by atoms with Crippen LogP contribution in [0.25, 0.3) is 0 Å². The number of benzene rings is 1. The Morgan fingerprint density at radius 2 is 2.12 bits per heavy atom. The summed E-state index contributed by atoms with van der Waals surface area (Å²) >= 11 is 3.55. The van der Waals surface area contributed by atoms with E-state index in [1.54, 1.807) is 0 Å². The van der Waals surface area contributed by atoms with E-state index in [1.165, 1.54) is 12.0 Å². The summed E-state index contributed by atoms with van der Waals surface area (Å²) in [6, 6.07) is 4.28. The van der Waals surface area contributed by atoms with Crippen molar-refractivity contribution in [2.75, 3.05) is 26.3 Å². The average Bonchev–Trinajstić information content (AvgIpc) is 2.82. The lowest BCUT2D eigenvalue weighted by molar-refractivity contribution is 0.170. The summed E-state index contributed by atoms with van der Waals surface area (Å²) in [4.78, 5) is 0. The van der Waals surface area contributed by atoms with Crippen LogP contribution in [0.4, 0.5) is 0 Å². The van der Waals surface area contributed by atoms with E-state index in [0.29, 0.717) is 19.1 Å². The molecule has 1 saturated heterocycles.